The van der Waals surface area contributed by atoms with Crippen LogP contribution >= 0.6 is 0 Å². The van der Waals surface area contributed by atoms with Crippen LogP contribution in [-0.4, -0.2) is 17.6 Å². The number of carbonyl (C=O) groups excluding carboxylic acids is 2. The van der Waals surface area contributed by atoms with Gasteiger partial charge in [-0.2, -0.15) is 0 Å². The smallest absolute Gasteiger partial charge is 0.375 e. The summed E-state index contributed by atoms with van der Waals surface area (Å²) in [7, 11) is 0. The molecule has 70 valence electrons. The summed E-state index contributed by atoms with van der Waals surface area (Å²) in [6.45, 7) is 3.48. The Morgan fingerprint density at radius 1 is 1.33 bits per heavy atom. The van der Waals surface area contributed by atoms with Crippen molar-refractivity contribution in [2.24, 2.45) is 11.5 Å². The van der Waals surface area contributed by atoms with Crippen LogP contribution in [0, 0.1) is 0 Å². The Labute approximate surface area is 71.0 Å². The van der Waals surface area contributed by atoms with E-state index in [1.54, 1.807) is 13.8 Å². The van der Waals surface area contributed by atoms with Gasteiger partial charge in [0.1, 0.15) is 5.54 Å². The molecule has 0 fully saturated rings. The van der Waals surface area contributed by atoms with Gasteiger partial charge in [-0.25, -0.2) is 9.59 Å². The molecular formula is C7H14N2O3. The lowest BCUT2D eigenvalue weighted by molar-refractivity contribution is -0.143. The Morgan fingerprint density at radius 3 is 2.00 bits per heavy atom. The predicted octanol–water partition coefficient (Wildman–Crippen LogP) is 0.126. The topological polar surface area (TPSA) is 95.4 Å². The van der Waals surface area contributed by atoms with Gasteiger partial charge >= 0.3 is 12.1 Å². The van der Waals surface area contributed by atoms with E-state index in [0.29, 0.717) is 12.8 Å². The van der Waals surface area contributed by atoms with E-state index in [4.69, 9.17) is 5.73 Å². The van der Waals surface area contributed by atoms with Crippen molar-refractivity contribution >= 4 is 12.1 Å². The number of hydrogen-bond acceptors (Lipinski definition) is 4. The van der Waals surface area contributed by atoms with Crippen LogP contribution in [0.3, 0.4) is 0 Å². The lowest BCUT2D eigenvalue weighted by Gasteiger charge is -2.22. The molecule has 0 saturated heterocycles. The van der Waals surface area contributed by atoms with Gasteiger partial charge in [-0.3, -0.25) is 0 Å². The molecule has 0 atom stereocenters. The van der Waals surface area contributed by atoms with Crippen molar-refractivity contribution in [3.63, 3.8) is 0 Å². The van der Waals surface area contributed by atoms with Crippen molar-refractivity contribution in [1.29, 1.82) is 0 Å². The molecule has 5 nitrogen and oxygen atoms in total. The number of carbonyl (C=O) groups is 2. The van der Waals surface area contributed by atoms with Crippen molar-refractivity contribution in [1.82, 2.24) is 0 Å². The SMILES string of the molecule is CCC(N)(CC)C(=O)OC(N)=O. The third kappa shape index (κ3) is 2.50. The van der Waals surface area contributed by atoms with Gasteiger partial charge in [-0.05, 0) is 12.8 Å². The zero-order valence-corrected chi connectivity index (χ0v) is 7.29. The molecule has 5 heteroatoms. The molecule has 0 aromatic carbocycles. The molecule has 0 aromatic heterocycles. The molecule has 0 aliphatic heterocycles. The van der Waals surface area contributed by atoms with Gasteiger partial charge in [0.25, 0.3) is 0 Å². The van der Waals surface area contributed by atoms with Gasteiger partial charge in [-0.15, -0.1) is 0 Å². The molecule has 0 aliphatic carbocycles. The third-order valence-corrected chi connectivity index (χ3v) is 1.86. The van der Waals surface area contributed by atoms with Gasteiger partial charge in [0, 0.05) is 0 Å². The first-order chi connectivity index (χ1) is 5.46. The highest BCUT2D eigenvalue weighted by Gasteiger charge is 2.32. The van der Waals surface area contributed by atoms with E-state index < -0.39 is 17.6 Å². The lowest BCUT2D eigenvalue weighted by Crippen LogP contribution is -2.49. The highest BCUT2D eigenvalue weighted by Crippen LogP contribution is 2.12. The average molecular weight is 174 g/mol. The molecule has 0 rings (SSSR count). The molecule has 0 radical (unpaired) electrons. The monoisotopic (exact) mass is 174 g/mol. The molecule has 0 aliphatic rings. The molecule has 0 heterocycles. The predicted molar refractivity (Wildman–Crippen MR) is 43.2 cm³/mol. The summed E-state index contributed by atoms with van der Waals surface area (Å²) < 4.78 is 4.17. The van der Waals surface area contributed by atoms with Crippen LogP contribution in [0.15, 0.2) is 0 Å². The number of hydrogen-bond donors (Lipinski definition) is 2. The highest BCUT2D eigenvalue weighted by molar-refractivity contribution is 5.89. The summed E-state index contributed by atoms with van der Waals surface area (Å²) in [4.78, 5) is 21.3. The maximum atomic E-state index is 11.1. The minimum absolute atomic E-state index is 0.412. The molecule has 0 bridgehead atoms. The Hall–Kier alpha value is -1.10. The van der Waals surface area contributed by atoms with E-state index in [2.05, 4.69) is 10.5 Å². The van der Waals surface area contributed by atoms with Crippen LogP contribution < -0.4 is 11.5 Å². The second-order valence-electron chi connectivity index (χ2n) is 2.57. The van der Waals surface area contributed by atoms with Gasteiger partial charge in [0.05, 0.1) is 0 Å². The van der Waals surface area contributed by atoms with Crippen molar-refractivity contribution in [2.75, 3.05) is 0 Å². The number of esters is 1. The summed E-state index contributed by atoms with van der Waals surface area (Å²) in [5.74, 6) is -0.764. The summed E-state index contributed by atoms with van der Waals surface area (Å²) >= 11 is 0. The quantitative estimate of drug-likeness (QED) is 0.469. The van der Waals surface area contributed by atoms with E-state index in [0.717, 1.165) is 0 Å². The van der Waals surface area contributed by atoms with Gasteiger partial charge < -0.3 is 16.2 Å². The Balaban J connectivity index is 4.32. The summed E-state index contributed by atoms with van der Waals surface area (Å²) in [5, 5.41) is 0. The molecule has 1 amide bonds. The first-order valence-corrected chi connectivity index (χ1v) is 3.77. The molecule has 0 aromatic rings. The van der Waals surface area contributed by atoms with Gasteiger partial charge in [0.2, 0.25) is 0 Å². The van der Waals surface area contributed by atoms with Gasteiger partial charge in [0.15, 0.2) is 0 Å². The van der Waals surface area contributed by atoms with Crippen molar-refractivity contribution in [3.8, 4) is 0 Å². The number of amides is 1. The largest absolute Gasteiger partial charge is 0.412 e. The van der Waals surface area contributed by atoms with E-state index in [1.807, 2.05) is 0 Å². The summed E-state index contributed by atoms with van der Waals surface area (Å²) in [6.07, 6.45) is -0.290. The normalized spacial score (nSPS) is 10.9. The third-order valence-electron chi connectivity index (χ3n) is 1.86. The van der Waals surface area contributed by atoms with Crippen molar-refractivity contribution in [3.05, 3.63) is 0 Å². The maximum absolute atomic E-state index is 11.1. The second-order valence-corrected chi connectivity index (χ2v) is 2.57. The Bertz CT molecular complexity index is 187. The number of rotatable bonds is 3. The molecular weight excluding hydrogens is 160 g/mol. The van der Waals surface area contributed by atoms with Crippen LogP contribution in [0.4, 0.5) is 4.79 Å². The number of nitrogens with two attached hydrogens (primary N) is 2. The van der Waals surface area contributed by atoms with Crippen molar-refractivity contribution < 1.29 is 14.3 Å². The average Bonchev–Trinajstić information content (AvgIpc) is 2.02. The molecule has 0 spiro atoms. The first-order valence-electron chi connectivity index (χ1n) is 3.77. The Kier molecular flexibility index (Phi) is 3.69. The minimum atomic E-state index is -1.11. The summed E-state index contributed by atoms with van der Waals surface area (Å²) in [5.41, 5.74) is 9.18. The van der Waals surface area contributed by atoms with E-state index in [-0.39, 0.29) is 0 Å². The maximum Gasteiger partial charge on any atom is 0.412 e. The second kappa shape index (κ2) is 4.06. The zero-order valence-electron chi connectivity index (χ0n) is 7.29. The van der Waals surface area contributed by atoms with Crippen LogP contribution in [0.2, 0.25) is 0 Å². The molecule has 4 N–H and O–H groups in total. The Morgan fingerprint density at radius 2 is 1.75 bits per heavy atom. The van der Waals surface area contributed by atoms with Crippen molar-refractivity contribution in [2.45, 2.75) is 32.2 Å². The van der Waals surface area contributed by atoms with Crippen LogP contribution in [0.1, 0.15) is 26.7 Å². The van der Waals surface area contributed by atoms with Crippen LogP contribution in [0.5, 0.6) is 0 Å². The van der Waals surface area contributed by atoms with Gasteiger partial charge in [-0.1, -0.05) is 13.8 Å². The molecule has 0 unspecified atom stereocenters. The molecule has 0 saturated carbocycles. The fraction of sp³-hybridized carbons (Fsp3) is 0.714. The van der Waals surface area contributed by atoms with E-state index in [1.165, 1.54) is 0 Å². The molecule has 12 heavy (non-hydrogen) atoms. The lowest BCUT2D eigenvalue weighted by atomic mass is 9.95. The number of primary amides is 1. The number of ether oxygens (including phenoxy) is 1. The van der Waals surface area contributed by atoms with Crippen LogP contribution in [-0.2, 0) is 9.53 Å². The summed E-state index contributed by atoms with van der Waals surface area (Å²) in [6, 6.07) is 0. The minimum Gasteiger partial charge on any atom is -0.375 e. The first kappa shape index (κ1) is 10.9. The highest BCUT2D eigenvalue weighted by atomic mass is 16.6. The van der Waals surface area contributed by atoms with E-state index in [9.17, 15) is 9.59 Å². The zero-order chi connectivity index (χ0) is 9.78. The fourth-order valence-corrected chi connectivity index (χ4v) is 0.732. The van der Waals surface area contributed by atoms with Crippen LogP contribution in [0.25, 0.3) is 0 Å². The standard InChI is InChI=1S/C7H14N2O3/c1-3-7(9,4-2)5(10)12-6(8)11/h3-4,9H2,1-2H3,(H2,8,11). The van der Waals surface area contributed by atoms with E-state index >= 15 is 0 Å². The fourth-order valence-electron chi connectivity index (χ4n) is 0.732.